The van der Waals surface area contributed by atoms with Gasteiger partial charge in [-0.2, -0.15) is 0 Å². The molecule has 3 rings (SSSR count). The van der Waals surface area contributed by atoms with E-state index >= 15 is 0 Å². The van der Waals surface area contributed by atoms with E-state index in [4.69, 9.17) is 9.47 Å². The van der Waals surface area contributed by atoms with Crippen LogP contribution in [0.3, 0.4) is 0 Å². The van der Waals surface area contributed by atoms with Crippen LogP contribution in [0.1, 0.15) is 90.3 Å². The van der Waals surface area contributed by atoms with Gasteiger partial charge in [0, 0.05) is 5.56 Å². The summed E-state index contributed by atoms with van der Waals surface area (Å²) in [4.78, 5) is 0. The fourth-order valence-electron chi connectivity index (χ4n) is 5.72. The molecule has 1 saturated carbocycles. The average Bonchev–Trinajstić information content (AvgIpc) is 2.83. The highest BCUT2D eigenvalue weighted by atomic mass is 16.5. The first-order valence-corrected chi connectivity index (χ1v) is 14.3. The maximum atomic E-state index is 11.0. The zero-order valence-corrected chi connectivity index (χ0v) is 24.6. The van der Waals surface area contributed by atoms with Crippen molar-refractivity contribution in [2.45, 2.75) is 103 Å². The molecule has 1 aliphatic rings. The Morgan fingerprint density at radius 3 is 2.19 bits per heavy atom. The highest BCUT2D eigenvalue weighted by Crippen LogP contribution is 2.35. The van der Waals surface area contributed by atoms with Gasteiger partial charge in [-0.1, -0.05) is 90.4 Å². The highest BCUT2D eigenvalue weighted by molar-refractivity contribution is 5.43. The summed E-state index contributed by atoms with van der Waals surface area (Å²) < 4.78 is 13.0. The first-order chi connectivity index (χ1) is 17.4. The summed E-state index contributed by atoms with van der Waals surface area (Å²) >= 11 is 0. The lowest BCUT2D eigenvalue weighted by molar-refractivity contribution is -0.950. The van der Waals surface area contributed by atoms with Crippen LogP contribution >= 0.6 is 0 Å². The lowest BCUT2D eigenvalue weighted by Crippen LogP contribution is -2.56. The van der Waals surface area contributed by atoms with E-state index in [0.29, 0.717) is 32.4 Å². The minimum Gasteiger partial charge on any atom is -0.491 e. The molecule has 37 heavy (non-hydrogen) atoms. The van der Waals surface area contributed by atoms with Gasteiger partial charge in [0.25, 0.3) is 0 Å². The Hall–Kier alpha value is -1.88. The molecule has 1 fully saturated rings. The Morgan fingerprint density at radius 1 is 0.892 bits per heavy atom. The summed E-state index contributed by atoms with van der Waals surface area (Å²) in [5.41, 5.74) is 3.97. The van der Waals surface area contributed by atoms with Gasteiger partial charge in [0.2, 0.25) is 0 Å². The maximum absolute atomic E-state index is 11.0. The van der Waals surface area contributed by atoms with Crippen LogP contribution in [0.5, 0.6) is 5.75 Å². The number of rotatable bonds is 11. The minimum absolute atomic E-state index is 0.00606. The number of aliphatic hydroxyl groups excluding tert-OH is 1. The van der Waals surface area contributed by atoms with E-state index in [2.05, 4.69) is 97.1 Å². The summed E-state index contributed by atoms with van der Waals surface area (Å²) in [5, 5.41) is 11.0. The molecule has 0 unspecified atom stereocenters. The maximum Gasteiger partial charge on any atom is 0.126 e. The first-order valence-electron chi connectivity index (χ1n) is 14.3. The monoisotopic (exact) mass is 510 g/mol. The van der Waals surface area contributed by atoms with E-state index in [1.54, 1.807) is 0 Å². The van der Waals surface area contributed by atoms with Crippen LogP contribution in [0.2, 0.25) is 0 Å². The van der Waals surface area contributed by atoms with Crippen LogP contribution in [-0.4, -0.2) is 55.1 Å². The molecular formula is C33H52NO3+. The van der Waals surface area contributed by atoms with Crippen LogP contribution < -0.4 is 4.74 Å². The molecule has 0 heterocycles. The number of hydrogen-bond donors (Lipinski definition) is 1. The molecule has 1 N–H and O–H groups in total. The van der Waals surface area contributed by atoms with Crippen LogP contribution in [0, 0.1) is 0 Å². The predicted molar refractivity (Wildman–Crippen MR) is 154 cm³/mol. The number of benzene rings is 2. The van der Waals surface area contributed by atoms with Crippen LogP contribution in [0.4, 0.5) is 0 Å². The third kappa shape index (κ3) is 8.84. The largest absolute Gasteiger partial charge is 0.491 e. The van der Waals surface area contributed by atoms with Gasteiger partial charge in [-0.15, -0.1) is 0 Å². The third-order valence-corrected chi connectivity index (χ3v) is 7.92. The summed E-state index contributed by atoms with van der Waals surface area (Å²) in [5.74, 6) is 0.925. The van der Waals surface area contributed by atoms with Crippen molar-refractivity contribution in [3.05, 3.63) is 65.2 Å². The fraction of sp³-hybridized carbons (Fsp3) is 0.636. The van der Waals surface area contributed by atoms with Crippen LogP contribution in [0.25, 0.3) is 0 Å². The van der Waals surface area contributed by atoms with Crippen molar-refractivity contribution in [1.29, 1.82) is 0 Å². The lowest BCUT2D eigenvalue weighted by atomic mass is 9.80. The molecule has 0 saturated heterocycles. The molecule has 2 atom stereocenters. The number of ether oxygens (including phenoxy) is 2. The Kier molecular flexibility index (Phi) is 10.2. The zero-order chi connectivity index (χ0) is 27.1. The molecule has 0 aliphatic heterocycles. The van der Waals surface area contributed by atoms with Crippen molar-refractivity contribution in [1.82, 2.24) is 0 Å². The van der Waals surface area contributed by atoms with Gasteiger partial charge in [-0.25, -0.2) is 0 Å². The van der Waals surface area contributed by atoms with E-state index in [9.17, 15) is 5.11 Å². The molecule has 2 aromatic rings. The molecule has 0 bridgehead atoms. The zero-order valence-electron chi connectivity index (χ0n) is 24.6. The van der Waals surface area contributed by atoms with Crippen molar-refractivity contribution in [2.24, 2.45) is 0 Å². The second-order valence-electron chi connectivity index (χ2n) is 13.4. The molecular weight excluding hydrogens is 458 g/mol. The normalized spacial score (nSPS) is 17.8. The van der Waals surface area contributed by atoms with E-state index < -0.39 is 6.10 Å². The third-order valence-electron chi connectivity index (χ3n) is 7.92. The summed E-state index contributed by atoms with van der Waals surface area (Å²) in [6, 6.07) is 17.9. The van der Waals surface area contributed by atoms with Gasteiger partial charge in [0.1, 0.15) is 31.5 Å². The van der Waals surface area contributed by atoms with E-state index in [1.165, 1.54) is 48.8 Å². The number of aliphatic hydroxyl groups is 1. The Labute approximate surface area is 226 Å². The molecule has 4 nitrogen and oxygen atoms in total. The molecule has 0 spiro atoms. The highest BCUT2D eigenvalue weighted by Gasteiger charge is 2.36. The van der Waals surface area contributed by atoms with E-state index in [-0.39, 0.29) is 10.8 Å². The predicted octanol–water partition coefficient (Wildman–Crippen LogP) is 7.02. The molecule has 1 aliphatic carbocycles. The standard InChI is InChI=1S/C33H52NO3/c1-32(2,3)27-18-19-31(30(22-27)33(4,5)6)37-21-20-36-25-29(35)24-34(7,28-16-12-9-13-17-28)23-26-14-10-8-11-15-26/h8,10-11,14-15,18-19,22,28-29,35H,9,12-13,16-17,20-21,23-25H2,1-7H3/q+1/t29-,34+/m1/s1. The van der Waals surface area contributed by atoms with Gasteiger partial charge in [0.15, 0.2) is 0 Å². The number of hydrogen-bond acceptors (Lipinski definition) is 3. The summed E-state index contributed by atoms with van der Waals surface area (Å²) in [6.45, 7) is 16.4. The minimum atomic E-state index is -0.494. The second-order valence-corrected chi connectivity index (χ2v) is 13.4. The Morgan fingerprint density at radius 2 is 1.57 bits per heavy atom. The Balaban J connectivity index is 1.54. The molecule has 4 heteroatoms. The van der Waals surface area contributed by atoms with Gasteiger partial charge >= 0.3 is 0 Å². The topological polar surface area (TPSA) is 38.7 Å². The second kappa shape index (κ2) is 12.8. The lowest BCUT2D eigenvalue weighted by Gasteiger charge is -2.44. The first kappa shape index (κ1) is 29.7. The molecule has 0 aromatic heterocycles. The smallest absolute Gasteiger partial charge is 0.126 e. The van der Waals surface area contributed by atoms with Crippen LogP contribution in [0.15, 0.2) is 48.5 Å². The fourth-order valence-corrected chi connectivity index (χ4v) is 5.72. The number of nitrogens with zero attached hydrogens (tertiary/aromatic N) is 1. The summed E-state index contributed by atoms with van der Waals surface area (Å²) in [7, 11) is 2.32. The van der Waals surface area contributed by atoms with Gasteiger partial charge in [-0.05, 0) is 53.7 Å². The number of likely N-dealkylation sites (N-methyl/N-ethyl adjacent to an activating group) is 1. The van der Waals surface area contributed by atoms with Gasteiger partial charge in [0.05, 0.1) is 26.3 Å². The summed E-state index contributed by atoms with van der Waals surface area (Å²) in [6.07, 6.45) is 5.93. The number of quaternary nitrogens is 1. The Bertz CT molecular complexity index is 954. The van der Waals surface area contributed by atoms with E-state index in [1.807, 2.05) is 0 Å². The SMILES string of the molecule is CC(C)(C)c1ccc(OCCOC[C@H](O)C[N@+](C)(Cc2ccccc2)C2CCCCC2)c(C(C)(C)C)c1. The van der Waals surface area contributed by atoms with Crippen molar-refractivity contribution < 1.29 is 19.1 Å². The molecule has 0 radical (unpaired) electrons. The van der Waals surface area contributed by atoms with Gasteiger partial charge < -0.3 is 19.1 Å². The van der Waals surface area contributed by atoms with E-state index in [0.717, 1.165) is 16.8 Å². The van der Waals surface area contributed by atoms with Crippen molar-refractivity contribution in [2.75, 3.05) is 33.4 Å². The molecule has 2 aromatic carbocycles. The quantitative estimate of drug-likeness (QED) is 0.261. The average molecular weight is 511 g/mol. The van der Waals surface area contributed by atoms with Gasteiger partial charge in [-0.3, -0.25) is 0 Å². The van der Waals surface area contributed by atoms with Crippen molar-refractivity contribution in [3.63, 3.8) is 0 Å². The molecule has 206 valence electrons. The molecule has 0 amide bonds. The van der Waals surface area contributed by atoms with Crippen molar-refractivity contribution >= 4 is 0 Å². The van der Waals surface area contributed by atoms with Crippen LogP contribution in [-0.2, 0) is 22.1 Å². The van der Waals surface area contributed by atoms with Crippen molar-refractivity contribution in [3.8, 4) is 5.75 Å².